The van der Waals surface area contributed by atoms with E-state index < -0.39 is 5.97 Å². The van der Waals surface area contributed by atoms with Crippen LogP contribution in [0.2, 0.25) is 0 Å². The summed E-state index contributed by atoms with van der Waals surface area (Å²) in [6.45, 7) is 4.01. The molecule has 3 aromatic heterocycles. The van der Waals surface area contributed by atoms with Crippen molar-refractivity contribution >= 4 is 17.6 Å². The van der Waals surface area contributed by atoms with Gasteiger partial charge in [-0.3, -0.25) is 4.79 Å². The Balaban J connectivity index is 1.53. The van der Waals surface area contributed by atoms with Crippen molar-refractivity contribution in [2.75, 3.05) is 5.32 Å². The van der Waals surface area contributed by atoms with Crippen LogP contribution in [0.4, 0.5) is 11.6 Å². The second-order valence-corrected chi connectivity index (χ2v) is 8.52. The molecule has 1 aliphatic rings. The topological polar surface area (TPSA) is 115 Å². The van der Waals surface area contributed by atoms with Crippen LogP contribution >= 0.6 is 0 Å². The predicted octanol–water partition coefficient (Wildman–Crippen LogP) is 4.30. The van der Waals surface area contributed by atoms with Crippen LogP contribution in [0.5, 0.6) is 5.75 Å². The third-order valence-electron chi connectivity index (χ3n) is 5.94. The lowest BCUT2D eigenvalue weighted by atomic mass is 9.87. The minimum Gasteiger partial charge on any atom is -0.489 e. The van der Waals surface area contributed by atoms with E-state index in [0.29, 0.717) is 35.8 Å². The molecule has 3 aromatic rings. The molecule has 0 aliphatic heterocycles. The molecule has 2 atom stereocenters. The molecule has 1 fully saturated rings. The number of aromatic nitrogens is 5. The smallest absolute Gasteiger partial charge is 0.306 e. The molecular formula is C24H30N6O3. The van der Waals surface area contributed by atoms with Gasteiger partial charge in [0.2, 0.25) is 0 Å². The fourth-order valence-electron chi connectivity index (χ4n) is 4.20. The third kappa shape index (κ3) is 5.30. The highest BCUT2D eigenvalue weighted by molar-refractivity contribution is 5.72. The zero-order valence-electron chi connectivity index (χ0n) is 19.3. The molecule has 0 saturated heterocycles. The monoisotopic (exact) mass is 450 g/mol. The van der Waals surface area contributed by atoms with Gasteiger partial charge in [0.1, 0.15) is 11.6 Å². The van der Waals surface area contributed by atoms with Crippen LogP contribution in [0.15, 0.2) is 30.3 Å². The average Bonchev–Trinajstić information content (AvgIpc) is 3.16. The van der Waals surface area contributed by atoms with Gasteiger partial charge in [0.15, 0.2) is 11.5 Å². The number of rotatable bonds is 8. The SMILES string of the molecule is CCCc1cccc(Nc2c(-c3ccc(O[C@H]4CCC[C@H](C(=O)O)C4)c(C)n3)nnn2C)n1. The zero-order valence-corrected chi connectivity index (χ0v) is 19.3. The molecule has 4 rings (SSSR count). The van der Waals surface area contributed by atoms with Crippen LogP contribution in [0.3, 0.4) is 0 Å². The second-order valence-electron chi connectivity index (χ2n) is 8.52. The highest BCUT2D eigenvalue weighted by Crippen LogP contribution is 2.32. The van der Waals surface area contributed by atoms with Crippen LogP contribution in [0.1, 0.15) is 50.4 Å². The maximum absolute atomic E-state index is 11.3. The molecule has 1 saturated carbocycles. The molecule has 33 heavy (non-hydrogen) atoms. The van der Waals surface area contributed by atoms with E-state index in [0.717, 1.165) is 42.9 Å². The molecular weight excluding hydrogens is 420 g/mol. The van der Waals surface area contributed by atoms with Crippen LogP contribution in [0.25, 0.3) is 11.4 Å². The van der Waals surface area contributed by atoms with Gasteiger partial charge in [0, 0.05) is 12.7 Å². The third-order valence-corrected chi connectivity index (χ3v) is 5.94. The first-order valence-corrected chi connectivity index (χ1v) is 11.4. The summed E-state index contributed by atoms with van der Waals surface area (Å²) in [6, 6.07) is 9.65. The molecule has 0 bridgehead atoms. The van der Waals surface area contributed by atoms with Gasteiger partial charge < -0.3 is 15.2 Å². The molecule has 0 radical (unpaired) electrons. The number of hydrogen-bond acceptors (Lipinski definition) is 7. The number of anilines is 2. The van der Waals surface area contributed by atoms with Crippen molar-refractivity contribution in [3.8, 4) is 17.1 Å². The average molecular weight is 451 g/mol. The van der Waals surface area contributed by atoms with E-state index in [4.69, 9.17) is 9.72 Å². The second kappa shape index (κ2) is 9.97. The summed E-state index contributed by atoms with van der Waals surface area (Å²) in [4.78, 5) is 20.7. The van der Waals surface area contributed by atoms with Crippen LogP contribution in [-0.4, -0.2) is 42.1 Å². The minimum atomic E-state index is -0.745. The zero-order chi connectivity index (χ0) is 23.4. The molecule has 9 heteroatoms. The quantitative estimate of drug-likeness (QED) is 0.522. The van der Waals surface area contributed by atoms with E-state index in [-0.39, 0.29) is 12.0 Å². The van der Waals surface area contributed by atoms with Crippen molar-refractivity contribution in [2.45, 2.75) is 58.5 Å². The summed E-state index contributed by atoms with van der Waals surface area (Å²) in [5.74, 6) is 1.02. The summed E-state index contributed by atoms with van der Waals surface area (Å²) in [5, 5.41) is 21.1. The Bertz CT molecular complexity index is 1130. The maximum Gasteiger partial charge on any atom is 0.306 e. The largest absolute Gasteiger partial charge is 0.489 e. The predicted molar refractivity (Wildman–Crippen MR) is 124 cm³/mol. The van der Waals surface area contributed by atoms with Crippen molar-refractivity contribution in [1.29, 1.82) is 0 Å². The van der Waals surface area contributed by atoms with E-state index in [2.05, 4.69) is 27.5 Å². The number of carbonyl (C=O) groups is 1. The van der Waals surface area contributed by atoms with E-state index in [1.165, 1.54) is 0 Å². The fourth-order valence-corrected chi connectivity index (χ4v) is 4.20. The number of nitrogens with zero attached hydrogens (tertiary/aromatic N) is 5. The van der Waals surface area contributed by atoms with Gasteiger partial charge in [0.25, 0.3) is 0 Å². The van der Waals surface area contributed by atoms with Crippen LogP contribution in [0, 0.1) is 12.8 Å². The minimum absolute atomic E-state index is 0.110. The Morgan fingerprint density at radius 2 is 2.09 bits per heavy atom. The number of aliphatic carboxylic acids is 1. The molecule has 0 spiro atoms. The molecule has 0 unspecified atom stereocenters. The summed E-state index contributed by atoms with van der Waals surface area (Å²) in [6.07, 6.45) is 4.79. The first-order chi connectivity index (χ1) is 15.9. The van der Waals surface area contributed by atoms with E-state index in [1.807, 2.05) is 44.3 Å². The number of hydrogen-bond donors (Lipinski definition) is 2. The fraction of sp³-hybridized carbons (Fsp3) is 0.458. The summed E-state index contributed by atoms with van der Waals surface area (Å²) in [5.41, 5.74) is 3.05. The standard InChI is InChI=1S/C24H30N6O3/c1-4-7-17-9-6-11-21(26-17)27-23-22(28-29-30(23)3)19-12-13-20(15(2)25-19)33-18-10-5-8-16(14-18)24(31)32/h6,9,11-13,16,18H,4-5,7-8,10,14H2,1-3H3,(H,26,27)(H,31,32)/t16-,18-/m0/s1. The molecule has 3 heterocycles. The van der Waals surface area contributed by atoms with Gasteiger partial charge in [0.05, 0.1) is 23.4 Å². The Morgan fingerprint density at radius 3 is 2.85 bits per heavy atom. The van der Waals surface area contributed by atoms with Gasteiger partial charge in [-0.25, -0.2) is 14.6 Å². The lowest BCUT2D eigenvalue weighted by Gasteiger charge is -2.27. The van der Waals surface area contributed by atoms with Gasteiger partial charge >= 0.3 is 5.97 Å². The first kappa shape index (κ1) is 22.7. The van der Waals surface area contributed by atoms with E-state index in [1.54, 1.807) is 4.68 Å². The Labute approximate surface area is 193 Å². The summed E-state index contributed by atoms with van der Waals surface area (Å²) < 4.78 is 7.80. The normalized spacial score (nSPS) is 18.2. The number of aryl methyl sites for hydroxylation is 3. The number of pyridine rings is 2. The first-order valence-electron chi connectivity index (χ1n) is 11.4. The highest BCUT2D eigenvalue weighted by atomic mass is 16.5. The lowest BCUT2D eigenvalue weighted by molar-refractivity contribution is -0.143. The van der Waals surface area contributed by atoms with Gasteiger partial charge in [-0.05, 0) is 63.3 Å². The van der Waals surface area contributed by atoms with Crippen molar-refractivity contribution in [2.24, 2.45) is 13.0 Å². The Morgan fingerprint density at radius 1 is 1.24 bits per heavy atom. The highest BCUT2D eigenvalue weighted by Gasteiger charge is 2.28. The van der Waals surface area contributed by atoms with Gasteiger partial charge in [-0.2, -0.15) is 0 Å². The van der Waals surface area contributed by atoms with Gasteiger partial charge in [-0.15, -0.1) is 5.10 Å². The van der Waals surface area contributed by atoms with Crippen molar-refractivity contribution in [1.82, 2.24) is 25.0 Å². The molecule has 0 aromatic carbocycles. The Hall–Kier alpha value is -3.49. The Kier molecular flexibility index (Phi) is 6.86. The van der Waals surface area contributed by atoms with Crippen molar-refractivity contribution < 1.29 is 14.6 Å². The van der Waals surface area contributed by atoms with Crippen molar-refractivity contribution in [3.63, 3.8) is 0 Å². The van der Waals surface area contributed by atoms with Gasteiger partial charge in [-0.1, -0.05) is 24.6 Å². The van der Waals surface area contributed by atoms with E-state index in [9.17, 15) is 9.90 Å². The van der Waals surface area contributed by atoms with Crippen molar-refractivity contribution in [3.05, 3.63) is 41.7 Å². The molecule has 2 N–H and O–H groups in total. The molecule has 174 valence electrons. The summed E-state index contributed by atoms with van der Waals surface area (Å²) >= 11 is 0. The number of ether oxygens (including phenoxy) is 1. The molecule has 9 nitrogen and oxygen atoms in total. The molecule has 0 amide bonds. The lowest BCUT2D eigenvalue weighted by Crippen LogP contribution is -2.29. The van der Waals surface area contributed by atoms with Crippen LogP contribution < -0.4 is 10.1 Å². The number of carboxylic acids is 1. The summed E-state index contributed by atoms with van der Waals surface area (Å²) in [7, 11) is 1.82. The van der Waals surface area contributed by atoms with Crippen LogP contribution in [-0.2, 0) is 18.3 Å². The maximum atomic E-state index is 11.3. The number of nitrogens with one attached hydrogen (secondary N) is 1. The number of carboxylic acid groups (broad SMARTS) is 1. The van der Waals surface area contributed by atoms with E-state index >= 15 is 0 Å². The molecule has 1 aliphatic carbocycles.